The van der Waals surface area contributed by atoms with E-state index in [1.54, 1.807) is 4.90 Å². The van der Waals surface area contributed by atoms with Gasteiger partial charge in [-0.3, -0.25) is 9.63 Å². The van der Waals surface area contributed by atoms with Gasteiger partial charge in [0.15, 0.2) is 0 Å². The molecular weight excluding hydrogens is 359 g/mol. The summed E-state index contributed by atoms with van der Waals surface area (Å²) >= 11 is 0. The Morgan fingerprint density at radius 3 is 2.67 bits per heavy atom. The van der Waals surface area contributed by atoms with Crippen LogP contribution in [0.5, 0.6) is 0 Å². The zero-order valence-corrected chi connectivity index (χ0v) is 16.2. The largest absolute Gasteiger partial charge is 0.422 e. The highest BCUT2D eigenvalue weighted by Crippen LogP contribution is 2.31. The molecule has 0 spiro atoms. The third-order valence-electron chi connectivity index (χ3n) is 5.07. The molecule has 0 aliphatic carbocycles. The van der Waals surface area contributed by atoms with E-state index in [2.05, 4.69) is 0 Å². The average molecular weight is 388 g/mol. The molecule has 152 valence electrons. The Balaban J connectivity index is 2.29. The summed E-state index contributed by atoms with van der Waals surface area (Å²) in [5, 5.41) is 0. The van der Waals surface area contributed by atoms with Gasteiger partial charge in [0, 0.05) is 35.2 Å². The maximum atomic E-state index is 13.2. The van der Waals surface area contributed by atoms with Crippen molar-refractivity contribution in [1.82, 2.24) is 4.90 Å². The number of aromatic nitrogens is 1. The van der Waals surface area contributed by atoms with Gasteiger partial charge in [-0.25, -0.2) is 0 Å². The minimum Gasteiger partial charge on any atom is -0.338 e. The third-order valence-corrected chi connectivity index (χ3v) is 5.07. The van der Waals surface area contributed by atoms with E-state index >= 15 is 0 Å². The molecule has 0 unspecified atom stereocenters. The third kappa shape index (κ3) is 5.34. The van der Waals surface area contributed by atoms with Crippen LogP contribution >= 0.6 is 0 Å². The van der Waals surface area contributed by atoms with Crippen LogP contribution in [0.2, 0.25) is 0 Å². The van der Waals surface area contributed by atoms with Crippen LogP contribution in [-0.4, -0.2) is 30.5 Å². The number of hydrogen-bond donors (Lipinski definition) is 1. The summed E-state index contributed by atoms with van der Waals surface area (Å²) in [5.74, 6) is -0.162. The second-order valence-electron chi connectivity index (χ2n) is 7.23. The smallest absolute Gasteiger partial charge is 0.338 e. The summed E-state index contributed by atoms with van der Waals surface area (Å²) in [6, 6.07) is 1.16. The van der Waals surface area contributed by atoms with Gasteiger partial charge in [-0.2, -0.15) is 13.2 Å². The number of amides is 1. The van der Waals surface area contributed by atoms with Gasteiger partial charge in [0.1, 0.15) is 12.7 Å². The molecular formula is C19H29F3N3O2+. The van der Waals surface area contributed by atoms with Crippen molar-refractivity contribution in [3.05, 3.63) is 29.1 Å². The Kier molecular flexibility index (Phi) is 7.08. The molecule has 8 heteroatoms. The van der Waals surface area contributed by atoms with Gasteiger partial charge < -0.3 is 10.6 Å². The molecule has 1 aliphatic heterocycles. The molecule has 0 radical (unpaired) electrons. The van der Waals surface area contributed by atoms with Crippen LogP contribution in [0.15, 0.2) is 12.3 Å². The molecule has 2 heterocycles. The van der Waals surface area contributed by atoms with E-state index in [-0.39, 0.29) is 24.4 Å². The lowest BCUT2D eigenvalue weighted by Crippen LogP contribution is -2.46. The predicted octanol–water partition coefficient (Wildman–Crippen LogP) is 2.48. The maximum absolute atomic E-state index is 13.2. The zero-order chi connectivity index (χ0) is 20.2. The lowest BCUT2D eigenvalue weighted by atomic mass is 9.96. The molecule has 5 nitrogen and oxygen atoms in total. The fraction of sp³-hybridized carbons (Fsp3) is 0.684. The van der Waals surface area contributed by atoms with Gasteiger partial charge in [0.2, 0.25) is 17.8 Å². The van der Waals surface area contributed by atoms with Crippen molar-refractivity contribution in [3.8, 4) is 0 Å². The summed E-state index contributed by atoms with van der Waals surface area (Å²) in [4.78, 5) is 19.8. The lowest BCUT2D eigenvalue weighted by molar-refractivity contribution is -0.891. The van der Waals surface area contributed by atoms with E-state index in [0.717, 1.165) is 18.7 Å². The predicted molar refractivity (Wildman–Crippen MR) is 94.5 cm³/mol. The molecule has 0 fully saturated rings. The highest BCUT2D eigenvalue weighted by Gasteiger charge is 2.37. The highest BCUT2D eigenvalue weighted by atomic mass is 19.4. The molecule has 1 aromatic heterocycles. The number of fused-ring (bicyclic) bond motifs is 1. The molecule has 2 N–H and O–H groups in total. The van der Waals surface area contributed by atoms with Gasteiger partial charge in [-0.15, -0.1) is 0 Å². The molecule has 0 saturated heterocycles. The molecule has 1 amide bonds. The Morgan fingerprint density at radius 2 is 2.11 bits per heavy atom. The number of nitrogens with two attached hydrogens (primary N) is 1. The topological polar surface area (TPSA) is 59.4 Å². The first-order valence-electron chi connectivity index (χ1n) is 9.40. The van der Waals surface area contributed by atoms with Crippen LogP contribution in [0, 0.1) is 5.92 Å². The number of carbonyl (C=O) groups excluding carboxylic acids is 1. The number of alkyl halides is 3. The fourth-order valence-electron chi connectivity index (χ4n) is 3.51. The Hall–Kier alpha value is -1.83. The molecule has 0 saturated carbocycles. The van der Waals surface area contributed by atoms with Gasteiger partial charge in [0.05, 0.1) is 6.54 Å². The van der Waals surface area contributed by atoms with Crippen LogP contribution in [0.25, 0.3) is 0 Å². The summed E-state index contributed by atoms with van der Waals surface area (Å²) in [6.07, 6.45) is -0.143. The normalized spacial score (nSPS) is 17.1. The van der Waals surface area contributed by atoms with E-state index in [1.165, 1.54) is 11.8 Å². The molecule has 0 aromatic carbocycles. The van der Waals surface area contributed by atoms with Crippen molar-refractivity contribution in [1.29, 1.82) is 0 Å². The van der Waals surface area contributed by atoms with Crippen molar-refractivity contribution in [2.24, 2.45) is 11.7 Å². The summed E-state index contributed by atoms with van der Waals surface area (Å²) in [6.45, 7) is 4.54. The summed E-state index contributed by atoms with van der Waals surface area (Å²) in [5.41, 5.74) is 6.20. The molecule has 0 bridgehead atoms. The van der Waals surface area contributed by atoms with E-state index in [9.17, 15) is 18.0 Å². The first-order chi connectivity index (χ1) is 12.7. The second kappa shape index (κ2) is 8.91. The van der Waals surface area contributed by atoms with Gasteiger partial charge in [-0.05, 0) is 38.7 Å². The molecule has 1 aliphatic rings. The van der Waals surface area contributed by atoms with Crippen LogP contribution < -0.4 is 15.3 Å². The maximum Gasteiger partial charge on any atom is 0.422 e. The monoisotopic (exact) mass is 388 g/mol. The number of carbonyl (C=O) groups is 1. The number of pyridine rings is 1. The minimum absolute atomic E-state index is 0.00706. The number of rotatable bonds is 6. The van der Waals surface area contributed by atoms with Crippen LogP contribution in [-0.2, 0) is 23.9 Å². The standard InChI is InChI=1S/C19H29F3N3O2/c1-4-14(8-7-13(2)23)18(26)24-9-5-6-17-15(11-24)10-16(19(20,21)22)12-25(17)27-3/h10,12-14H,4-9,11,23H2,1-3H3/q+1/t13-,14+/m0/s1. The van der Waals surface area contributed by atoms with Crippen molar-refractivity contribution >= 4 is 5.91 Å². The second-order valence-corrected chi connectivity index (χ2v) is 7.23. The minimum atomic E-state index is -4.47. The average Bonchev–Trinajstić information content (AvgIpc) is 2.82. The molecule has 2 atom stereocenters. The first-order valence-corrected chi connectivity index (χ1v) is 9.40. The van der Waals surface area contributed by atoms with Gasteiger partial charge >= 0.3 is 6.18 Å². The van der Waals surface area contributed by atoms with E-state index in [0.29, 0.717) is 43.5 Å². The molecule has 1 aromatic rings. The van der Waals surface area contributed by atoms with Crippen molar-refractivity contribution in [2.75, 3.05) is 13.7 Å². The molecule has 2 rings (SSSR count). The van der Waals surface area contributed by atoms with Crippen LogP contribution in [0.4, 0.5) is 13.2 Å². The summed E-state index contributed by atoms with van der Waals surface area (Å²) in [7, 11) is 1.34. The van der Waals surface area contributed by atoms with Crippen LogP contribution in [0.3, 0.4) is 0 Å². The van der Waals surface area contributed by atoms with Crippen LogP contribution in [0.1, 0.15) is 56.4 Å². The lowest BCUT2D eigenvalue weighted by Gasteiger charge is -2.26. The van der Waals surface area contributed by atoms with Gasteiger partial charge in [-0.1, -0.05) is 6.92 Å². The Labute approximate surface area is 158 Å². The highest BCUT2D eigenvalue weighted by molar-refractivity contribution is 5.78. The SMILES string of the molecule is CC[C@H](CC[C@H](C)N)C(=O)N1CCCc2c(cc(C(F)(F)F)c[n+]2OC)C1. The Morgan fingerprint density at radius 1 is 1.41 bits per heavy atom. The number of hydrogen-bond acceptors (Lipinski definition) is 3. The van der Waals surface area contributed by atoms with Crippen molar-refractivity contribution < 1.29 is 27.5 Å². The quantitative estimate of drug-likeness (QED) is 0.762. The number of halogens is 3. The van der Waals surface area contributed by atoms with E-state index in [4.69, 9.17) is 10.6 Å². The van der Waals surface area contributed by atoms with E-state index in [1.807, 2.05) is 13.8 Å². The van der Waals surface area contributed by atoms with Crippen molar-refractivity contribution in [3.63, 3.8) is 0 Å². The zero-order valence-electron chi connectivity index (χ0n) is 16.2. The van der Waals surface area contributed by atoms with Crippen molar-refractivity contribution in [2.45, 2.75) is 64.7 Å². The fourth-order valence-corrected chi connectivity index (χ4v) is 3.51. The molecule has 27 heavy (non-hydrogen) atoms. The summed E-state index contributed by atoms with van der Waals surface area (Å²) < 4.78 is 40.9. The Bertz CT molecular complexity index is 662. The van der Waals surface area contributed by atoms with Gasteiger partial charge in [0.25, 0.3) is 0 Å². The number of nitrogens with zero attached hydrogens (tertiary/aromatic N) is 2. The first kappa shape index (κ1) is 21.5. The van der Waals surface area contributed by atoms with E-state index < -0.39 is 11.7 Å².